The monoisotopic (exact) mass is 474 g/mol. The number of nitrogens with one attached hydrogen (secondary N) is 1. The molecule has 2 amide bonds. The minimum Gasteiger partial charge on any atom is -0.297 e. The molecule has 184 valence electrons. The van der Waals surface area contributed by atoms with Crippen molar-refractivity contribution in [3.05, 3.63) is 34.2 Å². The largest absolute Gasteiger partial charge is 0.329 e. The second-order valence-electron chi connectivity index (χ2n) is 10.3. The predicted octanol–water partition coefficient (Wildman–Crippen LogP) is 3.32. The van der Waals surface area contributed by atoms with Gasteiger partial charge in [0.1, 0.15) is 6.04 Å². The second kappa shape index (κ2) is 8.91. The maximum absolute atomic E-state index is 15.3. The summed E-state index contributed by atoms with van der Waals surface area (Å²) in [5.41, 5.74) is 1.16. The normalized spacial score (nSPS) is 26.7. The van der Waals surface area contributed by atoms with Gasteiger partial charge in [-0.3, -0.25) is 28.9 Å². The number of aromatic nitrogens is 2. The van der Waals surface area contributed by atoms with Gasteiger partial charge < -0.3 is 0 Å². The number of aryl methyl sites for hydroxylation is 1. The molecule has 7 nitrogen and oxygen atoms in total. The number of likely N-dealkylation sites (tertiary alicyclic amines) is 1. The number of alkyl halides is 2. The molecule has 3 heterocycles. The number of imide groups is 1. The number of amides is 2. The Hall–Kier alpha value is -2.55. The fourth-order valence-corrected chi connectivity index (χ4v) is 6.14. The number of rotatable bonds is 4. The van der Waals surface area contributed by atoms with Crippen LogP contribution >= 0.6 is 0 Å². The van der Waals surface area contributed by atoms with Gasteiger partial charge >= 0.3 is 5.69 Å². The highest BCUT2D eigenvalue weighted by Crippen LogP contribution is 2.42. The number of benzene rings is 1. The molecule has 9 heteroatoms. The van der Waals surface area contributed by atoms with Crippen LogP contribution in [0.5, 0.6) is 0 Å². The van der Waals surface area contributed by atoms with Crippen molar-refractivity contribution in [1.29, 1.82) is 0 Å². The van der Waals surface area contributed by atoms with Gasteiger partial charge in [-0.15, -0.1) is 0 Å². The Morgan fingerprint density at radius 3 is 2.50 bits per heavy atom. The lowest BCUT2D eigenvalue weighted by molar-refractivity contribution is -0.135. The number of piperidine rings is 2. The van der Waals surface area contributed by atoms with Crippen molar-refractivity contribution >= 4 is 22.8 Å². The summed E-state index contributed by atoms with van der Waals surface area (Å²) in [6, 6.07) is 4.22. The van der Waals surface area contributed by atoms with Crippen molar-refractivity contribution in [2.45, 2.75) is 69.2 Å². The molecule has 5 rings (SSSR count). The SMILES string of the molecule is Cn1c(=O)n(C2CCC(=O)NC2=O)c2ccc(C3CCN(CC4CCCCC4)CC3(F)F)cc21. The fourth-order valence-electron chi connectivity index (χ4n) is 6.14. The summed E-state index contributed by atoms with van der Waals surface area (Å²) in [6.45, 7) is 1.16. The summed E-state index contributed by atoms with van der Waals surface area (Å²) in [5.74, 6) is -4.10. The zero-order chi connectivity index (χ0) is 24.0. The Balaban J connectivity index is 1.39. The van der Waals surface area contributed by atoms with E-state index in [2.05, 4.69) is 5.32 Å². The van der Waals surface area contributed by atoms with Gasteiger partial charge in [-0.1, -0.05) is 25.3 Å². The van der Waals surface area contributed by atoms with Crippen LogP contribution in [0.25, 0.3) is 11.0 Å². The molecule has 34 heavy (non-hydrogen) atoms. The molecule has 0 radical (unpaired) electrons. The molecular weight excluding hydrogens is 442 g/mol. The van der Waals surface area contributed by atoms with Crippen molar-refractivity contribution in [3.63, 3.8) is 0 Å². The number of fused-ring (bicyclic) bond motifs is 1. The first-order valence-electron chi connectivity index (χ1n) is 12.4. The molecule has 0 spiro atoms. The van der Waals surface area contributed by atoms with Gasteiger partial charge in [0.05, 0.1) is 23.5 Å². The van der Waals surface area contributed by atoms with Crippen molar-refractivity contribution in [3.8, 4) is 0 Å². The van der Waals surface area contributed by atoms with Crippen LogP contribution in [0.4, 0.5) is 8.78 Å². The zero-order valence-electron chi connectivity index (χ0n) is 19.6. The average molecular weight is 475 g/mol. The Kier molecular flexibility index (Phi) is 6.08. The summed E-state index contributed by atoms with van der Waals surface area (Å²) in [5, 5.41) is 2.29. The van der Waals surface area contributed by atoms with Crippen LogP contribution in [0.15, 0.2) is 23.0 Å². The quantitative estimate of drug-likeness (QED) is 0.690. The van der Waals surface area contributed by atoms with Crippen LogP contribution in [0.2, 0.25) is 0 Å². The summed E-state index contributed by atoms with van der Waals surface area (Å²) in [7, 11) is 1.59. The van der Waals surface area contributed by atoms with Gasteiger partial charge in [0.15, 0.2) is 0 Å². The van der Waals surface area contributed by atoms with Crippen LogP contribution in [-0.4, -0.2) is 51.4 Å². The third-order valence-electron chi connectivity index (χ3n) is 7.96. The predicted molar refractivity (Wildman–Crippen MR) is 124 cm³/mol. The van der Waals surface area contributed by atoms with E-state index in [9.17, 15) is 14.4 Å². The molecule has 1 aliphatic carbocycles. The Morgan fingerprint density at radius 1 is 1.03 bits per heavy atom. The van der Waals surface area contributed by atoms with Crippen LogP contribution in [0.1, 0.15) is 68.9 Å². The molecule has 2 aromatic rings. The van der Waals surface area contributed by atoms with E-state index >= 15 is 8.78 Å². The van der Waals surface area contributed by atoms with E-state index < -0.39 is 29.5 Å². The molecule has 1 N–H and O–H groups in total. The smallest absolute Gasteiger partial charge is 0.297 e. The van der Waals surface area contributed by atoms with Gasteiger partial charge in [-0.25, -0.2) is 13.6 Å². The first-order chi connectivity index (χ1) is 16.2. The molecule has 2 saturated heterocycles. The van der Waals surface area contributed by atoms with Gasteiger partial charge in [-0.2, -0.15) is 0 Å². The highest BCUT2D eigenvalue weighted by Gasteiger charge is 2.45. The summed E-state index contributed by atoms with van der Waals surface area (Å²) in [6.07, 6.45) is 6.70. The summed E-state index contributed by atoms with van der Waals surface area (Å²) < 4.78 is 33.4. The maximum atomic E-state index is 15.3. The minimum absolute atomic E-state index is 0.156. The number of hydrogen-bond acceptors (Lipinski definition) is 4. The molecule has 3 aliphatic rings. The highest BCUT2D eigenvalue weighted by molar-refractivity contribution is 6.00. The lowest BCUT2D eigenvalue weighted by Gasteiger charge is -2.40. The van der Waals surface area contributed by atoms with E-state index in [4.69, 9.17) is 0 Å². The number of carbonyl (C=O) groups excluding carboxylic acids is 2. The fraction of sp³-hybridized carbons (Fsp3) is 0.640. The molecule has 1 saturated carbocycles. The first-order valence-corrected chi connectivity index (χ1v) is 12.4. The Bertz CT molecular complexity index is 1160. The highest BCUT2D eigenvalue weighted by atomic mass is 19.3. The van der Waals surface area contributed by atoms with Crippen molar-refractivity contribution in [2.75, 3.05) is 19.6 Å². The average Bonchev–Trinajstić information content (AvgIpc) is 3.04. The topological polar surface area (TPSA) is 76.3 Å². The zero-order valence-corrected chi connectivity index (χ0v) is 19.6. The minimum atomic E-state index is -2.86. The number of imidazole rings is 1. The lowest BCUT2D eigenvalue weighted by atomic mass is 9.84. The molecule has 0 bridgehead atoms. The van der Waals surface area contributed by atoms with Gasteiger partial charge in [0, 0.05) is 20.0 Å². The number of carbonyl (C=O) groups is 2. The number of nitrogens with zero attached hydrogens (tertiary/aromatic N) is 3. The van der Waals surface area contributed by atoms with Crippen LogP contribution in [0.3, 0.4) is 0 Å². The molecule has 3 fully saturated rings. The Morgan fingerprint density at radius 2 is 1.79 bits per heavy atom. The first kappa shape index (κ1) is 23.2. The van der Waals surface area contributed by atoms with E-state index in [1.54, 1.807) is 25.2 Å². The van der Waals surface area contributed by atoms with Crippen molar-refractivity contribution in [1.82, 2.24) is 19.4 Å². The summed E-state index contributed by atoms with van der Waals surface area (Å²) >= 11 is 0. The van der Waals surface area contributed by atoms with Crippen LogP contribution < -0.4 is 11.0 Å². The van der Waals surface area contributed by atoms with Gasteiger partial charge in [-0.05, 0) is 55.8 Å². The number of hydrogen-bond donors (Lipinski definition) is 1. The van der Waals surface area contributed by atoms with E-state index in [0.717, 1.165) is 19.4 Å². The molecule has 2 atom stereocenters. The van der Waals surface area contributed by atoms with E-state index in [0.29, 0.717) is 35.5 Å². The van der Waals surface area contributed by atoms with Crippen LogP contribution in [0, 0.1) is 5.92 Å². The van der Waals surface area contributed by atoms with E-state index in [-0.39, 0.29) is 25.3 Å². The summed E-state index contributed by atoms with van der Waals surface area (Å²) in [4.78, 5) is 38.8. The van der Waals surface area contributed by atoms with E-state index in [1.807, 2.05) is 4.90 Å². The lowest BCUT2D eigenvalue weighted by Crippen LogP contribution is -2.48. The molecule has 1 aromatic heterocycles. The molecular formula is C25H32F2N4O3. The van der Waals surface area contributed by atoms with Crippen molar-refractivity contribution < 1.29 is 18.4 Å². The molecule has 2 unspecified atom stereocenters. The Labute approximate surface area is 197 Å². The van der Waals surface area contributed by atoms with E-state index in [1.165, 1.54) is 28.4 Å². The van der Waals surface area contributed by atoms with Gasteiger partial charge in [0.25, 0.3) is 5.92 Å². The van der Waals surface area contributed by atoms with Gasteiger partial charge in [0.2, 0.25) is 11.8 Å². The molecule has 1 aromatic carbocycles. The third kappa shape index (κ3) is 4.19. The maximum Gasteiger partial charge on any atom is 0.329 e. The van der Waals surface area contributed by atoms with Crippen LogP contribution in [-0.2, 0) is 16.6 Å². The third-order valence-corrected chi connectivity index (χ3v) is 7.96. The van der Waals surface area contributed by atoms with Crippen molar-refractivity contribution in [2.24, 2.45) is 13.0 Å². The molecule has 2 aliphatic heterocycles. The number of halogens is 2. The second-order valence-corrected chi connectivity index (χ2v) is 10.3. The standard InChI is InChI=1S/C25H32F2N4O3/c1-29-21-13-17(7-8-19(21)31(24(29)34)20-9-10-22(32)28-23(20)33)18-11-12-30(15-25(18,26)27)14-16-5-3-2-4-6-16/h7-8,13,16,18,20H,2-6,9-12,14-15H2,1H3,(H,28,32,33).